The summed E-state index contributed by atoms with van der Waals surface area (Å²) in [6.07, 6.45) is 1.59. The summed E-state index contributed by atoms with van der Waals surface area (Å²) >= 11 is 1.44. The molecule has 1 unspecified atom stereocenters. The van der Waals surface area contributed by atoms with Crippen LogP contribution >= 0.6 is 11.3 Å². The molecule has 0 aliphatic carbocycles. The maximum absolute atomic E-state index is 12.6. The highest BCUT2D eigenvalue weighted by molar-refractivity contribution is 7.15. The summed E-state index contributed by atoms with van der Waals surface area (Å²) in [6, 6.07) is 13.1. The minimum atomic E-state index is -0.256. The van der Waals surface area contributed by atoms with Crippen LogP contribution in [0.15, 0.2) is 57.6 Å². The van der Waals surface area contributed by atoms with Gasteiger partial charge in [0.15, 0.2) is 10.8 Å². The van der Waals surface area contributed by atoms with Gasteiger partial charge in [-0.25, -0.2) is 4.98 Å². The van der Waals surface area contributed by atoms with Crippen LogP contribution in [0.4, 0.5) is 0 Å². The van der Waals surface area contributed by atoms with Gasteiger partial charge >= 0.3 is 0 Å². The molecule has 3 heterocycles. The Morgan fingerprint density at radius 2 is 2.08 bits per heavy atom. The molecule has 0 saturated carbocycles. The van der Waals surface area contributed by atoms with Gasteiger partial charge in [0.05, 0.1) is 12.3 Å². The van der Waals surface area contributed by atoms with E-state index in [0.29, 0.717) is 22.2 Å². The smallest absolute Gasteiger partial charge is 0.271 e. The average Bonchev–Trinajstić information content (AvgIpc) is 3.33. The van der Waals surface area contributed by atoms with Crippen molar-refractivity contribution < 1.29 is 13.6 Å². The molecule has 0 fully saturated rings. The van der Waals surface area contributed by atoms with E-state index in [0.717, 1.165) is 15.8 Å². The molecule has 126 valence electrons. The number of hydrogen-bond donors (Lipinski definition) is 1. The van der Waals surface area contributed by atoms with Crippen LogP contribution in [0.2, 0.25) is 0 Å². The van der Waals surface area contributed by atoms with Gasteiger partial charge in [0.2, 0.25) is 0 Å². The van der Waals surface area contributed by atoms with Gasteiger partial charge in [0.25, 0.3) is 5.91 Å². The molecule has 1 N–H and O–H groups in total. The quantitative estimate of drug-likeness (QED) is 0.564. The maximum atomic E-state index is 12.6. The second-order valence-electron chi connectivity index (χ2n) is 5.78. The fourth-order valence-electron chi connectivity index (χ4n) is 2.66. The number of thiazole rings is 1. The van der Waals surface area contributed by atoms with Crippen molar-refractivity contribution in [3.05, 3.63) is 65.1 Å². The first-order valence-electron chi connectivity index (χ1n) is 7.92. The van der Waals surface area contributed by atoms with E-state index in [9.17, 15) is 4.79 Å². The van der Waals surface area contributed by atoms with Crippen molar-refractivity contribution >= 4 is 28.2 Å². The molecule has 0 aliphatic rings. The standard InChI is InChI=1S/C19H16N2O3S/c1-11(16-10-13-6-3-4-7-14(13)24-16)20-18(22)17-12(2)25-19(21-17)15-8-5-9-23-15/h3-11H,1-2H3,(H,20,22). The molecule has 3 aromatic heterocycles. The van der Waals surface area contributed by atoms with E-state index in [1.165, 1.54) is 11.3 Å². The Kier molecular flexibility index (Phi) is 3.89. The number of para-hydroxylation sites is 1. The molecule has 6 heteroatoms. The number of carbonyl (C=O) groups is 1. The van der Waals surface area contributed by atoms with E-state index in [4.69, 9.17) is 8.83 Å². The van der Waals surface area contributed by atoms with Crippen LogP contribution < -0.4 is 5.32 Å². The molecule has 25 heavy (non-hydrogen) atoms. The zero-order chi connectivity index (χ0) is 17.4. The molecule has 0 spiro atoms. The summed E-state index contributed by atoms with van der Waals surface area (Å²) in [5.74, 6) is 1.16. The van der Waals surface area contributed by atoms with Crippen molar-refractivity contribution in [2.45, 2.75) is 19.9 Å². The van der Waals surface area contributed by atoms with Gasteiger partial charge in [-0.3, -0.25) is 4.79 Å². The van der Waals surface area contributed by atoms with Gasteiger partial charge in [-0.2, -0.15) is 0 Å². The first-order chi connectivity index (χ1) is 12.1. The summed E-state index contributed by atoms with van der Waals surface area (Å²) in [6.45, 7) is 3.77. The summed E-state index contributed by atoms with van der Waals surface area (Å²) in [5.41, 5.74) is 1.22. The van der Waals surface area contributed by atoms with Gasteiger partial charge in [-0.15, -0.1) is 11.3 Å². The maximum Gasteiger partial charge on any atom is 0.271 e. The zero-order valence-corrected chi connectivity index (χ0v) is 14.6. The van der Waals surface area contributed by atoms with Crippen LogP contribution in [0.25, 0.3) is 21.7 Å². The van der Waals surface area contributed by atoms with Crippen LogP contribution in [0, 0.1) is 6.92 Å². The zero-order valence-electron chi connectivity index (χ0n) is 13.8. The minimum Gasteiger partial charge on any atom is -0.462 e. The van der Waals surface area contributed by atoms with E-state index in [2.05, 4.69) is 10.3 Å². The van der Waals surface area contributed by atoms with Crippen LogP contribution in [-0.4, -0.2) is 10.9 Å². The molecule has 1 atom stereocenters. The number of furan rings is 2. The van der Waals surface area contributed by atoms with Crippen molar-refractivity contribution in [3.8, 4) is 10.8 Å². The summed E-state index contributed by atoms with van der Waals surface area (Å²) in [4.78, 5) is 17.9. The van der Waals surface area contributed by atoms with Crippen LogP contribution in [0.1, 0.15) is 34.1 Å². The van der Waals surface area contributed by atoms with E-state index in [1.54, 1.807) is 12.3 Å². The second-order valence-corrected chi connectivity index (χ2v) is 6.99. The number of rotatable bonds is 4. The molecule has 0 saturated heterocycles. The van der Waals surface area contributed by atoms with Crippen molar-refractivity contribution in [2.24, 2.45) is 0 Å². The van der Waals surface area contributed by atoms with E-state index < -0.39 is 0 Å². The van der Waals surface area contributed by atoms with Gasteiger partial charge in [-0.1, -0.05) is 18.2 Å². The average molecular weight is 352 g/mol. The first kappa shape index (κ1) is 15.7. The van der Waals surface area contributed by atoms with Crippen LogP contribution in [-0.2, 0) is 0 Å². The van der Waals surface area contributed by atoms with Gasteiger partial charge in [0.1, 0.15) is 17.0 Å². The normalized spacial score (nSPS) is 12.4. The highest BCUT2D eigenvalue weighted by Crippen LogP contribution is 2.29. The SMILES string of the molecule is Cc1sc(-c2ccco2)nc1C(=O)NC(C)c1cc2ccccc2o1. The lowest BCUT2D eigenvalue weighted by Gasteiger charge is -2.10. The predicted octanol–water partition coefficient (Wildman–Crippen LogP) is 4.95. The number of fused-ring (bicyclic) bond motifs is 1. The fraction of sp³-hybridized carbons (Fsp3) is 0.158. The van der Waals surface area contributed by atoms with E-state index >= 15 is 0 Å². The fourth-order valence-corrected chi connectivity index (χ4v) is 3.54. The minimum absolute atomic E-state index is 0.223. The Hall–Kier alpha value is -2.86. The topological polar surface area (TPSA) is 68.3 Å². The molecule has 1 amide bonds. The molecule has 0 bridgehead atoms. The predicted molar refractivity (Wildman–Crippen MR) is 96.6 cm³/mol. The number of benzene rings is 1. The van der Waals surface area contributed by atoms with Crippen LogP contribution in [0.5, 0.6) is 0 Å². The molecule has 5 nitrogen and oxygen atoms in total. The lowest BCUT2D eigenvalue weighted by atomic mass is 10.2. The lowest BCUT2D eigenvalue weighted by molar-refractivity contribution is 0.0931. The van der Waals surface area contributed by atoms with E-state index in [1.807, 2.05) is 50.2 Å². The summed E-state index contributed by atoms with van der Waals surface area (Å²) in [5, 5.41) is 4.67. The number of carbonyl (C=O) groups excluding carboxylic acids is 1. The third-order valence-electron chi connectivity index (χ3n) is 3.96. The first-order valence-corrected chi connectivity index (χ1v) is 8.74. The van der Waals surface area contributed by atoms with Crippen molar-refractivity contribution in [1.29, 1.82) is 0 Å². The van der Waals surface area contributed by atoms with Crippen molar-refractivity contribution in [2.75, 3.05) is 0 Å². The highest BCUT2D eigenvalue weighted by atomic mass is 32.1. The number of nitrogens with zero attached hydrogens (tertiary/aromatic N) is 1. The monoisotopic (exact) mass is 352 g/mol. The molecular weight excluding hydrogens is 336 g/mol. The van der Waals surface area contributed by atoms with Gasteiger partial charge < -0.3 is 14.2 Å². The third kappa shape index (κ3) is 2.96. The van der Waals surface area contributed by atoms with Crippen molar-refractivity contribution in [1.82, 2.24) is 10.3 Å². The van der Waals surface area contributed by atoms with Crippen molar-refractivity contribution in [3.63, 3.8) is 0 Å². The molecular formula is C19H16N2O3S. The number of nitrogens with one attached hydrogen (secondary N) is 1. The Balaban J connectivity index is 1.55. The van der Waals surface area contributed by atoms with Gasteiger partial charge in [-0.05, 0) is 38.1 Å². The van der Waals surface area contributed by atoms with Gasteiger partial charge in [0, 0.05) is 10.3 Å². The Labute approximate surface area is 148 Å². The number of aromatic nitrogens is 1. The summed E-state index contributed by atoms with van der Waals surface area (Å²) in [7, 11) is 0. The Morgan fingerprint density at radius 3 is 2.84 bits per heavy atom. The Bertz CT molecular complexity index is 997. The van der Waals surface area contributed by atoms with Crippen LogP contribution in [0.3, 0.4) is 0 Å². The lowest BCUT2D eigenvalue weighted by Crippen LogP contribution is -2.27. The molecule has 4 rings (SSSR count). The number of hydrogen-bond acceptors (Lipinski definition) is 5. The number of aryl methyl sites for hydroxylation is 1. The molecule has 4 aromatic rings. The second kappa shape index (κ2) is 6.22. The molecule has 0 aliphatic heterocycles. The molecule has 0 radical (unpaired) electrons. The highest BCUT2D eigenvalue weighted by Gasteiger charge is 2.21. The van der Waals surface area contributed by atoms with E-state index in [-0.39, 0.29) is 11.9 Å². The Morgan fingerprint density at radius 1 is 1.24 bits per heavy atom. The number of amides is 1. The third-order valence-corrected chi connectivity index (χ3v) is 4.95. The molecule has 1 aromatic carbocycles. The summed E-state index contributed by atoms with van der Waals surface area (Å²) < 4.78 is 11.2. The largest absolute Gasteiger partial charge is 0.462 e.